The molecule has 0 bridgehead atoms. The van der Waals surface area contributed by atoms with E-state index in [0.717, 1.165) is 6.07 Å². The van der Waals surface area contributed by atoms with Crippen molar-refractivity contribution in [3.05, 3.63) is 11.8 Å². The largest absolute Gasteiger partial charge is 0.433 e. The number of aromatic nitrogens is 2. The number of halogens is 3. The standard InChI is InChI=1S/C11H17F3N4O2/c1-15-10-16-8(11(12,13)14)4-9(17-10)18(2)5-7(19)6-20-3/h4,7,19H,5-6H2,1-3H3,(H,15,16,17). The van der Waals surface area contributed by atoms with Crippen LogP contribution in [0.15, 0.2) is 6.07 Å². The number of likely N-dealkylation sites (N-methyl/N-ethyl adjacent to an activating group) is 1. The highest BCUT2D eigenvalue weighted by atomic mass is 19.4. The Bertz CT molecular complexity index is 442. The number of hydrogen-bond acceptors (Lipinski definition) is 6. The molecule has 0 spiro atoms. The summed E-state index contributed by atoms with van der Waals surface area (Å²) < 4.78 is 42.9. The second kappa shape index (κ2) is 6.71. The Hall–Kier alpha value is -1.61. The van der Waals surface area contributed by atoms with Crippen LogP contribution in [0.5, 0.6) is 0 Å². The number of methoxy groups -OCH3 is 1. The average Bonchev–Trinajstić information content (AvgIpc) is 2.37. The molecule has 1 rings (SSSR count). The molecular formula is C11H17F3N4O2. The summed E-state index contributed by atoms with van der Waals surface area (Å²) in [6.45, 7) is 0.172. The van der Waals surface area contributed by atoms with Crippen LogP contribution in [0.25, 0.3) is 0 Å². The van der Waals surface area contributed by atoms with Crippen LogP contribution in [0.2, 0.25) is 0 Å². The number of ether oxygens (including phenoxy) is 1. The van der Waals surface area contributed by atoms with Crippen LogP contribution in [0, 0.1) is 0 Å². The molecular weight excluding hydrogens is 277 g/mol. The highest BCUT2D eigenvalue weighted by Gasteiger charge is 2.34. The zero-order valence-corrected chi connectivity index (χ0v) is 11.4. The molecule has 0 aliphatic carbocycles. The van der Waals surface area contributed by atoms with Crippen molar-refractivity contribution in [3.8, 4) is 0 Å². The van der Waals surface area contributed by atoms with Gasteiger partial charge >= 0.3 is 6.18 Å². The van der Waals surface area contributed by atoms with Gasteiger partial charge in [-0.05, 0) is 0 Å². The van der Waals surface area contributed by atoms with Gasteiger partial charge in [-0.1, -0.05) is 0 Å². The number of aliphatic hydroxyl groups excluding tert-OH is 1. The molecule has 20 heavy (non-hydrogen) atoms. The van der Waals surface area contributed by atoms with Crippen molar-refractivity contribution < 1.29 is 23.0 Å². The molecule has 0 amide bonds. The highest BCUT2D eigenvalue weighted by Crippen LogP contribution is 2.30. The fraction of sp³-hybridized carbons (Fsp3) is 0.636. The van der Waals surface area contributed by atoms with Crippen LogP contribution in [-0.4, -0.2) is 55.5 Å². The molecule has 1 aromatic rings. The monoisotopic (exact) mass is 294 g/mol. The molecule has 6 nitrogen and oxygen atoms in total. The molecule has 1 heterocycles. The third kappa shape index (κ3) is 4.49. The van der Waals surface area contributed by atoms with E-state index in [1.54, 1.807) is 0 Å². The van der Waals surface area contributed by atoms with Crippen molar-refractivity contribution >= 4 is 11.8 Å². The van der Waals surface area contributed by atoms with Gasteiger partial charge in [-0.15, -0.1) is 0 Å². The normalized spacial score (nSPS) is 13.2. The summed E-state index contributed by atoms with van der Waals surface area (Å²) in [5.74, 6) is -0.0743. The Kier molecular flexibility index (Phi) is 5.52. The van der Waals surface area contributed by atoms with E-state index < -0.39 is 18.0 Å². The third-order valence-corrected chi connectivity index (χ3v) is 2.46. The summed E-state index contributed by atoms with van der Waals surface area (Å²) in [6.07, 6.45) is -5.39. The van der Waals surface area contributed by atoms with Gasteiger partial charge in [-0.3, -0.25) is 0 Å². The number of aliphatic hydroxyl groups is 1. The molecule has 9 heteroatoms. The fourth-order valence-corrected chi connectivity index (χ4v) is 1.54. The van der Waals surface area contributed by atoms with Crippen molar-refractivity contribution in [2.75, 3.05) is 44.6 Å². The van der Waals surface area contributed by atoms with E-state index in [-0.39, 0.29) is 24.9 Å². The maximum atomic E-state index is 12.7. The van der Waals surface area contributed by atoms with E-state index in [1.807, 2.05) is 0 Å². The molecule has 0 aliphatic heterocycles. The van der Waals surface area contributed by atoms with Gasteiger partial charge in [0, 0.05) is 33.8 Å². The minimum Gasteiger partial charge on any atom is -0.389 e. The zero-order valence-electron chi connectivity index (χ0n) is 11.4. The number of alkyl halides is 3. The van der Waals surface area contributed by atoms with Crippen LogP contribution >= 0.6 is 0 Å². The van der Waals surface area contributed by atoms with Crippen molar-refractivity contribution in [1.82, 2.24) is 9.97 Å². The first-order chi connectivity index (χ1) is 9.27. The first kappa shape index (κ1) is 16.4. The summed E-state index contributed by atoms with van der Waals surface area (Å²) in [7, 11) is 4.38. The molecule has 1 unspecified atom stereocenters. The van der Waals surface area contributed by atoms with E-state index in [4.69, 9.17) is 4.74 Å². The van der Waals surface area contributed by atoms with Gasteiger partial charge in [-0.25, -0.2) is 4.98 Å². The van der Waals surface area contributed by atoms with Crippen molar-refractivity contribution in [3.63, 3.8) is 0 Å². The lowest BCUT2D eigenvalue weighted by molar-refractivity contribution is -0.141. The smallest absolute Gasteiger partial charge is 0.389 e. The van der Waals surface area contributed by atoms with Crippen LogP contribution in [0.3, 0.4) is 0 Å². The second-order valence-electron chi connectivity index (χ2n) is 4.17. The minimum atomic E-state index is -4.56. The molecule has 2 N–H and O–H groups in total. The van der Waals surface area contributed by atoms with Crippen LogP contribution in [-0.2, 0) is 10.9 Å². The Morgan fingerprint density at radius 2 is 2.10 bits per heavy atom. The lowest BCUT2D eigenvalue weighted by atomic mass is 10.3. The maximum Gasteiger partial charge on any atom is 0.433 e. The number of anilines is 2. The summed E-state index contributed by atoms with van der Waals surface area (Å²) in [5, 5.41) is 12.1. The number of nitrogens with one attached hydrogen (secondary N) is 1. The van der Waals surface area contributed by atoms with Crippen molar-refractivity contribution in [1.29, 1.82) is 0 Å². The van der Waals surface area contributed by atoms with Gasteiger partial charge < -0.3 is 20.1 Å². The number of nitrogens with zero attached hydrogens (tertiary/aromatic N) is 3. The summed E-state index contributed by atoms with van der Waals surface area (Å²) >= 11 is 0. The SMILES string of the molecule is CNc1nc(N(C)CC(O)COC)cc(C(F)(F)F)n1. The summed E-state index contributed by atoms with van der Waals surface area (Å²) in [5.41, 5.74) is -1.04. The molecule has 0 radical (unpaired) electrons. The molecule has 1 aromatic heterocycles. The average molecular weight is 294 g/mol. The van der Waals surface area contributed by atoms with E-state index in [2.05, 4.69) is 15.3 Å². The van der Waals surface area contributed by atoms with Gasteiger partial charge in [-0.2, -0.15) is 18.2 Å². The molecule has 1 atom stereocenters. The second-order valence-corrected chi connectivity index (χ2v) is 4.17. The molecule has 0 fully saturated rings. The quantitative estimate of drug-likeness (QED) is 0.815. The van der Waals surface area contributed by atoms with Crippen LogP contribution in [0.1, 0.15) is 5.69 Å². The molecule has 0 saturated carbocycles. The zero-order chi connectivity index (χ0) is 15.3. The first-order valence-electron chi connectivity index (χ1n) is 5.80. The lowest BCUT2D eigenvalue weighted by Crippen LogP contribution is -2.32. The Morgan fingerprint density at radius 3 is 2.60 bits per heavy atom. The summed E-state index contributed by atoms with van der Waals surface area (Å²) in [6, 6.07) is 0.834. The topological polar surface area (TPSA) is 70.5 Å². The maximum absolute atomic E-state index is 12.7. The number of rotatable bonds is 6. The molecule has 0 aromatic carbocycles. The van der Waals surface area contributed by atoms with Crippen molar-refractivity contribution in [2.24, 2.45) is 0 Å². The van der Waals surface area contributed by atoms with Gasteiger partial charge in [0.05, 0.1) is 12.7 Å². The van der Waals surface area contributed by atoms with E-state index >= 15 is 0 Å². The van der Waals surface area contributed by atoms with Crippen LogP contribution < -0.4 is 10.2 Å². The Morgan fingerprint density at radius 1 is 1.45 bits per heavy atom. The van der Waals surface area contributed by atoms with E-state index in [1.165, 1.54) is 26.1 Å². The highest BCUT2D eigenvalue weighted by molar-refractivity contribution is 5.44. The Balaban J connectivity index is 2.99. The predicted octanol–water partition coefficient (Wildman–Crippen LogP) is 0.981. The Labute approximate surface area is 114 Å². The predicted molar refractivity (Wildman–Crippen MR) is 67.7 cm³/mol. The van der Waals surface area contributed by atoms with E-state index in [9.17, 15) is 18.3 Å². The first-order valence-corrected chi connectivity index (χ1v) is 5.80. The van der Waals surface area contributed by atoms with Gasteiger partial charge in [0.1, 0.15) is 5.82 Å². The summed E-state index contributed by atoms with van der Waals surface area (Å²) in [4.78, 5) is 8.69. The van der Waals surface area contributed by atoms with E-state index in [0.29, 0.717) is 0 Å². The number of hydrogen-bond donors (Lipinski definition) is 2. The fourth-order valence-electron chi connectivity index (χ4n) is 1.54. The van der Waals surface area contributed by atoms with Gasteiger partial charge in [0.25, 0.3) is 0 Å². The van der Waals surface area contributed by atoms with Gasteiger partial charge in [0.15, 0.2) is 5.69 Å². The molecule has 114 valence electrons. The van der Waals surface area contributed by atoms with Crippen LogP contribution in [0.4, 0.5) is 24.9 Å². The molecule has 0 aliphatic rings. The van der Waals surface area contributed by atoms with Gasteiger partial charge in [0.2, 0.25) is 5.95 Å². The lowest BCUT2D eigenvalue weighted by Gasteiger charge is -2.22. The third-order valence-electron chi connectivity index (χ3n) is 2.46. The molecule has 0 saturated heterocycles. The van der Waals surface area contributed by atoms with Crippen molar-refractivity contribution in [2.45, 2.75) is 12.3 Å². The minimum absolute atomic E-state index is 0.0619.